The molecule has 0 aliphatic heterocycles. The second kappa shape index (κ2) is 15.1. The third kappa shape index (κ3) is 15.1. The molecule has 17 heavy (non-hydrogen) atoms. The average Bonchev–Trinajstić information content (AvgIpc) is 2.35. The lowest BCUT2D eigenvalue weighted by atomic mass is 10.1. The summed E-state index contributed by atoms with van der Waals surface area (Å²) >= 11 is 0. The molecule has 0 aromatic carbocycles. The smallest absolute Gasteiger partial charge is 0.119 e. The van der Waals surface area contributed by atoms with Crippen LogP contribution in [0.1, 0.15) is 71.1 Å². The molecule has 0 fully saturated rings. The minimum atomic E-state index is 0.743. The zero-order chi connectivity index (χ0) is 12.6. The van der Waals surface area contributed by atoms with Gasteiger partial charge in [0.25, 0.3) is 0 Å². The van der Waals surface area contributed by atoms with E-state index in [1.54, 1.807) is 0 Å². The van der Waals surface area contributed by atoms with Crippen molar-refractivity contribution in [3.05, 3.63) is 24.3 Å². The monoisotopic (exact) mass is 236 g/mol. The van der Waals surface area contributed by atoms with Gasteiger partial charge in [-0.1, -0.05) is 63.3 Å². The van der Waals surface area contributed by atoms with Gasteiger partial charge in [0.05, 0.1) is 0 Å². The fourth-order valence-corrected chi connectivity index (χ4v) is 1.71. The molecule has 0 atom stereocenters. The number of hydrogen-bond donors (Lipinski definition) is 0. The number of aldehydes is 1. The van der Waals surface area contributed by atoms with E-state index in [1.807, 2.05) is 0 Å². The first-order chi connectivity index (χ1) is 8.41. The summed E-state index contributed by atoms with van der Waals surface area (Å²) in [4.78, 5) is 10.1. The number of hydrogen-bond acceptors (Lipinski definition) is 1. The van der Waals surface area contributed by atoms with E-state index in [2.05, 4.69) is 31.2 Å². The highest BCUT2D eigenvalue weighted by Gasteiger charge is 1.89. The van der Waals surface area contributed by atoms with Gasteiger partial charge in [-0.25, -0.2) is 0 Å². The van der Waals surface area contributed by atoms with Gasteiger partial charge in [-0.2, -0.15) is 0 Å². The van der Waals surface area contributed by atoms with Gasteiger partial charge in [-0.15, -0.1) is 0 Å². The summed E-state index contributed by atoms with van der Waals surface area (Å²) in [6.07, 6.45) is 21.7. The molecule has 0 amide bonds. The molecule has 0 saturated heterocycles. The summed E-state index contributed by atoms with van der Waals surface area (Å²) in [5, 5.41) is 0. The molecule has 0 rings (SSSR count). The van der Waals surface area contributed by atoms with E-state index in [9.17, 15) is 4.79 Å². The number of allylic oxidation sites excluding steroid dienone is 4. The van der Waals surface area contributed by atoms with E-state index in [4.69, 9.17) is 0 Å². The Kier molecular flexibility index (Phi) is 14.4. The molecule has 0 unspecified atom stereocenters. The van der Waals surface area contributed by atoms with Gasteiger partial charge >= 0.3 is 0 Å². The molecule has 0 aliphatic rings. The Bertz CT molecular complexity index is 204. The van der Waals surface area contributed by atoms with Crippen molar-refractivity contribution in [3.8, 4) is 0 Å². The summed E-state index contributed by atoms with van der Waals surface area (Å²) in [6, 6.07) is 0. The molecule has 0 radical (unpaired) electrons. The zero-order valence-corrected chi connectivity index (χ0v) is 11.4. The molecule has 0 aliphatic carbocycles. The van der Waals surface area contributed by atoms with Crippen LogP contribution in [0.4, 0.5) is 0 Å². The highest BCUT2D eigenvalue weighted by Crippen LogP contribution is 2.08. The van der Waals surface area contributed by atoms with Gasteiger partial charge in [-0.3, -0.25) is 0 Å². The molecule has 0 aromatic heterocycles. The Labute approximate surface area is 107 Å². The minimum absolute atomic E-state index is 0.743. The fraction of sp³-hybridized carbons (Fsp3) is 0.688. The third-order valence-electron chi connectivity index (χ3n) is 2.78. The van der Waals surface area contributed by atoms with E-state index in [0.29, 0.717) is 0 Å². The Morgan fingerprint density at radius 1 is 0.706 bits per heavy atom. The number of unbranched alkanes of at least 4 members (excludes halogenated alkanes) is 8. The van der Waals surface area contributed by atoms with Crippen LogP contribution in [0.15, 0.2) is 24.3 Å². The normalized spacial score (nSPS) is 11.6. The van der Waals surface area contributed by atoms with Crippen LogP contribution in [-0.4, -0.2) is 6.29 Å². The summed E-state index contributed by atoms with van der Waals surface area (Å²) in [5.41, 5.74) is 0. The molecule has 0 aromatic rings. The van der Waals surface area contributed by atoms with Crippen LogP contribution in [0.3, 0.4) is 0 Å². The van der Waals surface area contributed by atoms with Gasteiger partial charge in [0, 0.05) is 6.42 Å². The van der Waals surface area contributed by atoms with E-state index in [1.165, 1.54) is 51.4 Å². The maximum atomic E-state index is 10.1. The molecule has 0 N–H and O–H groups in total. The Morgan fingerprint density at radius 2 is 1.24 bits per heavy atom. The number of carbonyl (C=O) groups is 1. The lowest BCUT2D eigenvalue weighted by Gasteiger charge is -1.98. The van der Waals surface area contributed by atoms with Crippen LogP contribution < -0.4 is 0 Å². The number of rotatable bonds is 12. The van der Waals surface area contributed by atoms with Crippen molar-refractivity contribution in [3.63, 3.8) is 0 Å². The van der Waals surface area contributed by atoms with E-state index in [-0.39, 0.29) is 0 Å². The summed E-state index contributed by atoms with van der Waals surface area (Å²) < 4.78 is 0. The highest BCUT2D eigenvalue weighted by atomic mass is 16.1. The summed E-state index contributed by atoms with van der Waals surface area (Å²) in [5.74, 6) is 0. The van der Waals surface area contributed by atoms with Crippen molar-refractivity contribution in [1.82, 2.24) is 0 Å². The van der Waals surface area contributed by atoms with Gasteiger partial charge in [0.1, 0.15) is 6.29 Å². The largest absolute Gasteiger partial charge is 0.303 e. The van der Waals surface area contributed by atoms with Crippen molar-refractivity contribution in [2.24, 2.45) is 0 Å². The SMILES string of the molecule is CCCC=CC=CCCCCCCCCC=O. The van der Waals surface area contributed by atoms with Crippen molar-refractivity contribution in [2.75, 3.05) is 0 Å². The molecule has 1 heteroatoms. The molecule has 0 spiro atoms. The van der Waals surface area contributed by atoms with Crippen molar-refractivity contribution < 1.29 is 4.79 Å². The van der Waals surface area contributed by atoms with E-state index in [0.717, 1.165) is 19.1 Å². The quantitative estimate of drug-likeness (QED) is 0.258. The maximum Gasteiger partial charge on any atom is 0.119 e. The zero-order valence-electron chi connectivity index (χ0n) is 11.4. The lowest BCUT2D eigenvalue weighted by Crippen LogP contribution is -1.80. The lowest BCUT2D eigenvalue weighted by molar-refractivity contribution is -0.107. The molecular formula is C16H28O. The maximum absolute atomic E-state index is 10.1. The van der Waals surface area contributed by atoms with Crippen LogP contribution in [0.5, 0.6) is 0 Å². The fourth-order valence-electron chi connectivity index (χ4n) is 1.71. The van der Waals surface area contributed by atoms with Crippen molar-refractivity contribution in [2.45, 2.75) is 71.1 Å². The van der Waals surface area contributed by atoms with Crippen molar-refractivity contribution >= 4 is 6.29 Å². The molecule has 0 saturated carbocycles. The molecule has 0 heterocycles. The summed E-state index contributed by atoms with van der Waals surface area (Å²) in [6.45, 7) is 2.20. The third-order valence-corrected chi connectivity index (χ3v) is 2.78. The van der Waals surface area contributed by atoms with E-state index >= 15 is 0 Å². The van der Waals surface area contributed by atoms with Gasteiger partial charge in [-0.05, 0) is 25.7 Å². The topological polar surface area (TPSA) is 17.1 Å². The Balaban J connectivity index is 3.09. The van der Waals surface area contributed by atoms with Crippen LogP contribution in [0.25, 0.3) is 0 Å². The second-order valence-corrected chi connectivity index (χ2v) is 4.51. The van der Waals surface area contributed by atoms with Gasteiger partial charge in [0.2, 0.25) is 0 Å². The first kappa shape index (κ1) is 16.1. The highest BCUT2D eigenvalue weighted by molar-refractivity contribution is 5.48. The molecule has 1 nitrogen and oxygen atoms in total. The molecule has 98 valence electrons. The predicted octanol–water partition coefficient (Wildman–Crippen LogP) is 5.22. The summed E-state index contributed by atoms with van der Waals surface area (Å²) in [7, 11) is 0. The number of carbonyl (C=O) groups excluding carboxylic acids is 1. The standard InChI is InChI=1S/C16H28O/c1-2-3-4-5-6-7-8-9-10-11-12-13-14-15-16-17/h4-7,16H,2-3,8-15H2,1H3. The Morgan fingerprint density at radius 3 is 1.82 bits per heavy atom. The predicted molar refractivity (Wildman–Crippen MR) is 76.2 cm³/mol. The second-order valence-electron chi connectivity index (χ2n) is 4.51. The average molecular weight is 236 g/mol. The van der Waals surface area contributed by atoms with Gasteiger partial charge in [0.15, 0.2) is 0 Å². The van der Waals surface area contributed by atoms with Gasteiger partial charge < -0.3 is 4.79 Å². The molecule has 0 bridgehead atoms. The Hall–Kier alpha value is -0.850. The van der Waals surface area contributed by atoms with E-state index < -0.39 is 0 Å². The van der Waals surface area contributed by atoms with Crippen molar-refractivity contribution in [1.29, 1.82) is 0 Å². The first-order valence-electron chi connectivity index (χ1n) is 7.17. The van der Waals surface area contributed by atoms with Crippen LogP contribution in [0.2, 0.25) is 0 Å². The first-order valence-corrected chi connectivity index (χ1v) is 7.17. The molecular weight excluding hydrogens is 208 g/mol. The van der Waals surface area contributed by atoms with Crippen LogP contribution >= 0.6 is 0 Å². The van der Waals surface area contributed by atoms with Crippen LogP contribution in [-0.2, 0) is 4.79 Å². The minimum Gasteiger partial charge on any atom is -0.303 e. The van der Waals surface area contributed by atoms with Crippen LogP contribution in [0, 0.1) is 0 Å².